The van der Waals surface area contributed by atoms with Crippen molar-refractivity contribution in [2.45, 2.75) is 19.4 Å². The number of benzene rings is 2. The zero-order valence-electron chi connectivity index (χ0n) is 15.1. The number of hydrogen-bond donors (Lipinski definition) is 3. The summed E-state index contributed by atoms with van der Waals surface area (Å²) in [7, 11) is 0. The molecular formula is C21H21ClN4O. The number of carbonyl (C=O) groups excluding carboxylic acids is 1. The third-order valence-corrected chi connectivity index (χ3v) is 5.32. The van der Waals surface area contributed by atoms with E-state index in [-0.39, 0.29) is 11.9 Å². The smallest absolute Gasteiger partial charge is 0.252 e. The molecule has 1 aliphatic heterocycles. The maximum Gasteiger partial charge on any atom is 0.252 e. The van der Waals surface area contributed by atoms with Crippen molar-refractivity contribution in [2.24, 2.45) is 0 Å². The molecule has 2 heterocycles. The number of anilines is 1. The Hall–Kier alpha value is -2.63. The molecule has 1 saturated heterocycles. The van der Waals surface area contributed by atoms with E-state index < -0.39 is 0 Å². The Bertz CT molecular complexity index is 1010. The highest BCUT2D eigenvalue weighted by Crippen LogP contribution is 2.34. The number of nitrogen functional groups attached to an aromatic ring is 1. The van der Waals surface area contributed by atoms with Crippen LogP contribution in [0.2, 0.25) is 5.02 Å². The molecule has 0 spiro atoms. The number of halogens is 1. The first-order valence-electron chi connectivity index (χ1n) is 8.99. The van der Waals surface area contributed by atoms with Gasteiger partial charge in [0.25, 0.3) is 5.91 Å². The summed E-state index contributed by atoms with van der Waals surface area (Å²) in [5.41, 5.74) is 9.34. The van der Waals surface area contributed by atoms with Gasteiger partial charge in [-0.15, -0.1) is 0 Å². The molecule has 1 aliphatic rings. The predicted octanol–water partition coefficient (Wildman–Crippen LogP) is 3.54. The van der Waals surface area contributed by atoms with E-state index in [0.29, 0.717) is 16.4 Å². The van der Waals surface area contributed by atoms with E-state index in [4.69, 9.17) is 17.3 Å². The zero-order valence-corrected chi connectivity index (χ0v) is 15.8. The first-order valence-corrected chi connectivity index (χ1v) is 9.37. The number of aromatic nitrogens is 1. The summed E-state index contributed by atoms with van der Waals surface area (Å²) < 4.78 is 0. The number of hydrogen-bond acceptors (Lipinski definition) is 4. The van der Waals surface area contributed by atoms with Crippen molar-refractivity contribution >= 4 is 34.1 Å². The van der Waals surface area contributed by atoms with Gasteiger partial charge in [0.15, 0.2) is 0 Å². The SMILES string of the molecule is Cc1cccc(Cl)c1-c1cc(C(=O)N[C@H]2CCNC2)c2cc(N)ncc2c1. The van der Waals surface area contributed by atoms with Crippen molar-refractivity contribution in [3.05, 3.63) is 58.7 Å². The molecule has 0 unspecified atom stereocenters. The number of carbonyl (C=O) groups is 1. The maximum absolute atomic E-state index is 13.0. The van der Waals surface area contributed by atoms with Crippen LogP contribution in [0.4, 0.5) is 5.82 Å². The fraction of sp³-hybridized carbons (Fsp3) is 0.238. The van der Waals surface area contributed by atoms with Gasteiger partial charge in [-0.05, 0) is 60.7 Å². The van der Waals surface area contributed by atoms with Gasteiger partial charge < -0.3 is 16.4 Å². The lowest BCUT2D eigenvalue weighted by Crippen LogP contribution is -2.36. The van der Waals surface area contributed by atoms with E-state index in [0.717, 1.165) is 47.0 Å². The van der Waals surface area contributed by atoms with Crippen molar-refractivity contribution in [3.63, 3.8) is 0 Å². The molecule has 6 heteroatoms. The number of nitrogens with two attached hydrogens (primary N) is 1. The van der Waals surface area contributed by atoms with Crippen LogP contribution < -0.4 is 16.4 Å². The van der Waals surface area contributed by atoms with Crippen LogP contribution >= 0.6 is 11.6 Å². The lowest BCUT2D eigenvalue weighted by molar-refractivity contribution is 0.0942. The van der Waals surface area contributed by atoms with Crippen LogP contribution in [0.25, 0.3) is 21.9 Å². The number of nitrogens with one attached hydrogen (secondary N) is 2. The van der Waals surface area contributed by atoms with Crippen LogP contribution in [0.3, 0.4) is 0 Å². The van der Waals surface area contributed by atoms with Crippen molar-refractivity contribution in [1.29, 1.82) is 0 Å². The summed E-state index contributed by atoms with van der Waals surface area (Å²) in [5, 5.41) is 8.69. The minimum Gasteiger partial charge on any atom is -0.384 e. The van der Waals surface area contributed by atoms with Crippen molar-refractivity contribution in [2.75, 3.05) is 18.8 Å². The molecule has 0 aliphatic carbocycles. The minimum atomic E-state index is -0.106. The van der Waals surface area contributed by atoms with Crippen molar-refractivity contribution < 1.29 is 4.79 Å². The Balaban J connectivity index is 1.87. The van der Waals surface area contributed by atoms with E-state index in [1.54, 1.807) is 12.3 Å². The molecule has 4 N–H and O–H groups in total. The van der Waals surface area contributed by atoms with E-state index in [2.05, 4.69) is 15.6 Å². The Morgan fingerprint density at radius 3 is 2.93 bits per heavy atom. The van der Waals surface area contributed by atoms with Gasteiger partial charge in [-0.25, -0.2) is 4.98 Å². The molecule has 1 aromatic heterocycles. The molecule has 4 rings (SSSR count). The molecule has 1 fully saturated rings. The molecule has 27 heavy (non-hydrogen) atoms. The Morgan fingerprint density at radius 2 is 2.19 bits per heavy atom. The molecule has 0 bridgehead atoms. The minimum absolute atomic E-state index is 0.106. The molecular weight excluding hydrogens is 360 g/mol. The highest BCUT2D eigenvalue weighted by atomic mass is 35.5. The second kappa shape index (κ2) is 7.18. The highest BCUT2D eigenvalue weighted by molar-refractivity contribution is 6.33. The number of fused-ring (bicyclic) bond motifs is 1. The average Bonchev–Trinajstić information content (AvgIpc) is 3.14. The summed E-state index contributed by atoms with van der Waals surface area (Å²) in [6, 6.07) is 11.6. The zero-order chi connectivity index (χ0) is 19.0. The number of aryl methyl sites for hydroxylation is 1. The molecule has 1 amide bonds. The Morgan fingerprint density at radius 1 is 1.33 bits per heavy atom. The molecule has 0 radical (unpaired) electrons. The van der Waals surface area contributed by atoms with Crippen LogP contribution in [-0.4, -0.2) is 30.0 Å². The predicted molar refractivity (Wildman–Crippen MR) is 110 cm³/mol. The van der Waals surface area contributed by atoms with Gasteiger partial charge in [0.1, 0.15) is 5.82 Å². The quantitative estimate of drug-likeness (QED) is 0.649. The van der Waals surface area contributed by atoms with Gasteiger partial charge in [0.05, 0.1) is 0 Å². The second-order valence-corrected chi connectivity index (χ2v) is 7.36. The third-order valence-electron chi connectivity index (χ3n) is 5.01. The largest absolute Gasteiger partial charge is 0.384 e. The van der Waals surface area contributed by atoms with Crippen LogP contribution in [-0.2, 0) is 0 Å². The highest BCUT2D eigenvalue weighted by Gasteiger charge is 2.20. The molecule has 0 saturated carbocycles. The van der Waals surface area contributed by atoms with E-state index in [9.17, 15) is 4.79 Å². The fourth-order valence-electron chi connectivity index (χ4n) is 3.64. The molecule has 3 aromatic rings. The molecule has 1 atom stereocenters. The first kappa shape index (κ1) is 17.8. The number of pyridine rings is 1. The molecule has 5 nitrogen and oxygen atoms in total. The number of rotatable bonds is 3. The molecule has 138 valence electrons. The number of amides is 1. The Labute approximate surface area is 162 Å². The lowest BCUT2D eigenvalue weighted by Gasteiger charge is -2.16. The van der Waals surface area contributed by atoms with Crippen molar-refractivity contribution in [1.82, 2.24) is 15.6 Å². The summed E-state index contributed by atoms with van der Waals surface area (Å²) >= 11 is 6.47. The maximum atomic E-state index is 13.0. The summed E-state index contributed by atoms with van der Waals surface area (Å²) in [5.74, 6) is 0.284. The van der Waals surface area contributed by atoms with Crippen LogP contribution in [0, 0.1) is 6.92 Å². The molecule has 2 aromatic carbocycles. The summed E-state index contributed by atoms with van der Waals surface area (Å²) in [6.45, 7) is 3.72. The van der Waals surface area contributed by atoms with Gasteiger partial charge in [-0.1, -0.05) is 23.7 Å². The van der Waals surface area contributed by atoms with E-state index in [1.165, 1.54) is 0 Å². The lowest BCUT2D eigenvalue weighted by atomic mass is 9.94. The first-order chi connectivity index (χ1) is 13.0. The van der Waals surface area contributed by atoms with Gasteiger partial charge in [-0.2, -0.15) is 0 Å². The second-order valence-electron chi connectivity index (χ2n) is 6.95. The van der Waals surface area contributed by atoms with Crippen LogP contribution in [0.5, 0.6) is 0 Å². The van der Waals surface area contributed by atoms with Crippen LogP contribution in [0.15, 0.2) is 42.6 Å². The standard InChI is InChI=1S/C21H21ClN4O/c1-12-3-2-4-18(22)20(12)13-7-14-10-25-19(23)9-16(14)17(8-13)21(27)26-15-5-6-24-11-15/h2-4,7-10,15,24H,5-6,11H2,1H3,(H2,23,25)(H,26,27)/t15-/m0/s1. The van der Waals surface area contributed by atoms with Gasteiger partial charge in [-0.3, -0.25) is 4.79 Å². The normalized spacial score (nSPS) is 16.6. The van der Waals surface area contributed by atoms with E-state index in [1.807, 2.05) is 37.3 Å². The third kappa shape index (κ3) is 3.48. The monoisotopic (exact) mass is 380 g/mol. The Kier molecular flexibility index (Phi) is 4.72. The summed E-state index contributed by atoms with van der Waals surface area (Å²) in [4.78, 5) is 17.2. The van der Waals surface area contributed by atoms with Gasteiger partial charge in [0, 0.05) is 40.3 Å². The van der Waals surface area contributed by atoms with Gasteiger partial charge >= 0.3 is 0 Å². The average molecular weight is 381 g/mol. The topological polar surface area (TPSA) is 80.0 Å². The summed E-state index contributed by atoms with van der Waals surface area (Å²) in [6.07, 6.45) is 2.63. The van der Waals surface area contributed by atoms with E-state index >= 15 is 0 Å². The fourth-order valence-corrected chi connectivity index (χ4v) is 3.97. The van der Waals surface area contributed by atoms with Gasteiger partial charge in [0.2, 0.25) is 0 Å². The van der Waals surface area contributed by atoms with Crippen molar-refractivity contribution in [3.8, 4) is 11.1 Å². The number of nitrogens with zero attached hydrogens (tertiary/aromatic N) is 1. The van der Waals surface area contributed by atoms with Crippen LogP contribution in [0.1, 0.15) is 22.3 Å².